The molecule has 336 valence electrons. The zero-order valence-corrected chi connectivity index (χ0v) is 40.9. The first-order chi connectivity index (χ1) is 34.0. The molecule has 10 aromatic carbocycles. The smallest absolute Gasteiger partial charge is 0.138 e. The van der Waals surface area contributed by atoms with Gasteiger partial charge in [-0.3, -0.25) is 0 Å². The van der Waals surface area contributed by atoms with E-state index in [-0.39, 0.29) is 10.8 Å². The number of anilines is 3. The van der Waals surface area contributed by atoms with Gasteiger partial charge in [-0.05, 0) is 151 Å². The molecular formula is C67H51NOS. The van der Waals surface area contributed by atoms with Gasteiger partial charge in [-0.2, -0.15) is 0 Å². The van der Waals surface area contributed by atoms with Gasteiger partial charge in [0.1, 0.15) is 11.2 Å². The van der Waals surface area contributed by atoms with Crippen molar-refractivity contribution in [2.24, 2.45) is 0 Å². The summed E-state index contributed by atoms with van der Waals surface area (Å²) in [6, 6.07) is 80.7. The SMILES string of the molecule is CC(C)(C)c1ccc(-c2ccc3c(c2)-c2ccc(-c4cc(N(c5ccc(-c6ccccc6)cc5)c5ccc6sc7ccc(-c8ccccc8)cc7c6c5)c5c(c4)oc4ccccc45)cc2C3(C)C)cc1. The molecule has 0 spiro atoms. The number of hydrogen-bond donors (Lipinski definition) is 0. The van der Waals surface area contributed by atoms with Crippen LogP contribution < -0.4 is 4.90 Å². The van der Waals surface area contributed by atoms with Gasteiger partial charge in [0, 0.05) is 42.3 Å². The van der Waals surface area contributed by atoms with E-state index in [1.54, 1.807) is 0 Å². The fourth-order valence-corrected chi connectivity index (χ4v) is 12.1. The Morgan fingerprint density at radius 3 is 1.70 bits per heavy atom. The number of para-hydroxylation sites is 1. The zero-order valence-electron chi connectivity index (χ0n) is 40.0. The Kier molecular flexibility index (Phi) is 9.67. The van der Waals surface area contributed by atoms with Crippen molar-refractivity contribution in [3.05, 3.63) is 235 Å². The van der Waals surface area contributed by atoms with Gasteiger partial charge < -0.3 is 9.32 Å². The standard InChI is InChI=1S/C67H51NOS/c1-66(2,3)50-27-20-45(21-28-50)46-25-33-58-55(36-46)53-32-24-48(38-59(53)67(58,4)5)49-39-60(65-54-18-12-13-19-61(54)69-62(65)40-49)68(51-29-22-44(23-30-51)42-14-8-6-9-15-42)52-31-35-64-57(41-52)56-37-47(26-34-63(56)70-64)43-16-10-7-11-17-43/h6-41H,1-5H3. The van der Waals surface area contributed by atoms with Crippen molar-refractivity contribution < 1.29 is 4.42 Å². The Labute approximate surface area is 413 Å². The molecule has 1 aliphatic rings. The molecule has 1 aliphatic carbocycles. The van der Waals surface area contributed by atoms with Crippen LogP contribution in [0.15, 0.2) is 223 Å². The van der Waals surface area contributed by atoms with E-state index in [0.29, 0.717) is 0 Å². The summed E-state index contributed by atoms with van der Waals surface area (Å²) in [7, 11) is 0. The monoisotopic (exact) mass is 917 g/mol. The second-order valence-corrected chi connectivity index (χ2v) is 21.6. The summed E-state index contributed by atoms with van der Waals surface area (Å²) in [5.74, 6) is 0. The van der Waals surface area contributed by atoms with Gasteiger partial charge in [-0.25, -0.2) is 0 Å². The predicted molar refractivity (Wildman–Crippen MR) is 299 cm³/mol. The second-order valence-electron chi connectivity index (χ2n) is 20.5. The highest BCUT2D eigenvalue weighted by molar-refractivity contribution is 7.25. The summed E-state index contributed by atoms with van der Waals surface area (Å²) in [6.45, 7) is 11.6. The molecule has 0 amide bonds. The first-order valence-corrected chi connectivity index (χ1v) is 25.2. The second kappa shape index (κ2) is 16.1. The number of furan rings is 1. The van der Waals surface area contributed by atoms with E-state index in [9.17, 15) is 0 Å². The van der Waals surface area contributed by atoms with E-state index in [1.165, 1.54) is 81.4 Å². The maximum absolute atomic E-state index is 6.87. The molecule has 2 aromatic heterocycles. The van der Waals surface area contributed by atoms with Crippen LogP contribution in [0.3, 0.4) is 0 Å². The number of nitrogens with zero attached hydrogens (tertiary/aromatic N) is 1. The molecule has 12 aromatic rings. The van der Waals surface area contributed by atoms with Crippen LogP contribution in [0.4, 0.5) is 17.1 Å². The average molecular weight is 918 g/mol. The van der Waals surface area contributed by atoms with Crippen LogP contribution >= 0.6 is 11.3 Å². The van der Waals surface area contributed by atoms with Crippen molar-refractivity contribution in [3.63, 3.8) is 0 Å². The van der Waals surface area contributed by atoms with Crippen molar-refractivity contribution in [1.29, 1.82) is 0 Å². The van der Waals surface area contributed by atoms with Gasteiger partial charge in [-0.1, -0.05) is 180 Å². The lowest BCUT2D eigenvalue weighted by atomic mass is 9.81. The van der Waals surface area contributed by atoms with Crippen molar-refractivity contribution in [2.45, 2.75) is 45.4 Å². The quantitative estimate of drug-likeness (QED) is 0.158. The maximum Gasteiger partial charge on any atom is 0.138 e. The largest absolute Gasteiger partial charge is 0.456 e. The van der Waals surface area contributed by atoms with Crippen LogP contribution in [0.25, 0.3) is 97.7 Å². The molecule has 70 heavy (non-hydrogen) atoms. The minimum atomic E-state index is -0.187. The van der Waals surface area contributed by atoms with E-state index in [4.69, 9.17) is 4.42 Å². The molecule has 0 saturated heterocycles. The maximum atomic E-state index is 6.87. The first kappa shape index (κ1) is 42.1. The van der Waals surface area contributed by atoms with Crippen LogP contribution in [-0.4, -0.2) is 0 Å². The van der Waals surface area contributed by atoms with Crippen LogP contribution in [0.1, 0.15) is 51.3 Å². The summed E-state index contributed by atoms with van der Waals surface area (Å²) in [6.07, 6.45) is 0. The Bertz CT molecular complexity index is 3980. The number of thiophene rings is 1. The van der Waals surface area contributed by atoms with Crippen molar-refractivity contribution in [3.8, 4) is 55.6 Å². The van der Waals surface area contributed by atoms with Crippen LogP contribution in [-0.2, 0) is 10.8 Å². The average Bonchev–Trinajstić information content (AvgIpc) is 4.03. The lowest BCUT2D eigenvalue weighted by Crippen LogP contribution is -2.15. The first-order valence-electron chi connectivity index (χ1n) is 24.4. The number of fused-ring (bicyclic) bond motifs is 9. The summed E-state index contributed by atoms with van der Waals surface area (Å²) in [5, 5.41) is 4.69. The molecule has 0 bridgehead atoms. The molecule has 0 N–H and O–H groups in total. The fraction of sp³-hybridized carbons (Fsp3) is 0.104. The van der Waals surface area contributed by atoms with E-state index in [1.807, 2.05) is 11.3 Å². The third-order valence-corrected chi connectivity index (χ3v) is 16.0. The van der Waals surface area contributed by atoms with Gasteiger partial charge in [0.25, 0.3) is 0 Å². The minimum Gasteiger partial charge on any atom is -0.456 e. The molecule has 2 heterocycles. The lowest BCUT2D eigenvalue weighted by molar-refractivity contribution is 0.590. The highest BCUT2D eigenvalue weighted by Gasteiger charge is 2.36. The van der Waals surface area contributed by atoms with Crippen molar-refractivity contribution in [1.82, 2.24) is 0 Å². The normalized spacial score (nSPS) is 13.0. The van der Waals surface area contributed by atoms with E-state index < -0.39 is 0 Å². The molecule has 0 fully saturated rings. The predicted octanol–water partition coefficient (Wildman–Crippen LogP) is 19.7. The van der Waals surface area contributed by atoms with Crippen molar-refractivity contribution >= 4 is 70.5 Å². The molecule has 0 radical (unpaired) electrons. The molecule has 0 aliphatic heterocycles. The molecule has 2 nitrogen and oxygen atoms in total. The van der Waals surface area contributed by atoms with Gasteiger partial charge in [0.05, 0.1) is 11.1 Å². The van der Waals surface area contributed by atoms with Crippen molar-refractivity contribution in [2.75, 3.05) is 4.90 Å². The van der Waals surface area contributed by atoms with Gasteiger partial charge in [-0.15, -0.1) is 11.3 Å². The van der Waals surface area contributed by atoms with Gasteiger partial charge in [0.2, 0.25) is 0 Å². The van der Waals surface area contributed by atoms with Crippen LogP contribution in [0.5, 0.6) is 0 Å². The van der Waals surface area contributed by atoms with Crippen LogP contribution in [0, 0.1) is 0 Å². The summed E-state index contributed by atoms with van der Waals surface area (Å²) in [4.78, 5) is 2.45. The Balaban J connectivity index is 0.990. The molecule has 0 unspecified atom stereocenters. The highest BCUT2D eigenvalue weighted by atomic mass is 32.1. The zero-order chi connectivity index (χ0) is 47.3. The molecular weight excluding hydrogens is 867 g/mol. The Morgan fingerprint density at radius 1 is 0.400 bits per heavy atom. The van der Waals surface area contributed by atoms with E-state index in [2.05, 4.69) is 258 Å². The Hall–Kier alpha value is -7.98. The van der Waals surface area contributed by atoms with Gasteiger partial charge in [0.15, 0.2) is 0 Å². The molecule has 13 rings (SSSR count). The summed E-state index contributed by atoms with van der Waals surface area (Å²) >= 11 is 1.85. The fourth-order valence-electron chi connectivity index (χ4n) is 11.0. The van der Waals surface area contributed by atoms with E-state index >= 15 is 0 Å². The third kappa shape index (κ3) is 6.98. The molecule has 3 heteroatoms. The number of hydrogen-bond acceptors (Lipinski definition) is 3. The van der Waals surface area contributed by atoms with Gasteiger partial charge >= 0.3 is 0 Å². The van der Waals surface area contributed by atoms with E-state index in [0.717, 1.165) is 50.1 Å². The molecule has 0 atom stereocenters. The third-order valence-electron chi connectivity index (χ3n) is 14.8. The Morgan fingerprint density at radius 2 is 0.957 bits per heavy atom. The lowest BCUT2D eigenvalue weighted by Gasteiger charge is -2.27. The highest BCUT2D eigenvalue weighted by Crippen LogP contribution is 2.52. The minimum absolute atomic E-state index is 0.112. The summed E-state index contributed by atoms with van der Waals surface area (Å²) < 4.78 is 9.41. The molecule has 0 saturated carbocycles. The van der Waals surface area contributed by atoms with Crippen LogP contribution in [0.2, 0.25) is 0 Å². The summed E-state index contributed by atoms with van der Waals surface area (Å²) in [5.41, 5.74) is 21.1. The number of rotatable bonds is 7. The topological polar surface area (TPSA) is 16.4 Å². The number of benzene rings is 10.